The normalized spacial score (nSPS) is 9.33. The Kier molecular flexibility index (Phi) is 5.32. The summed E-state index contributed by atoms with van der Waals surface area (Å²) in [6.07, 6.45) is 0.192. The van der Waals surface area contributed by atoms with E-state index >= 15 is 0 Å². The third-order valence-electron chi connectivity index (χ3n) is 1.97. The molecule has 0 spiro atoms. The molecule has 0 unspecified atom stereocenters. The summed E-state index contributed by atoms with van der Waals surface area (Å²) in [5.41, 5.74) is 0.168. The zero-order valence-corrected chi connectivity index (χ0v) is 9.48. The molecule has 0 aliphatic carbocycles. The van der Waals surface area contributed by atoms with E-state index in [1.165, 1.54) is 12.1 Å². The fourth-order valence-electron chi connectivity index (χ4n) is 1.11. The van der Waals surface area contributed by atoms with Gasteiger partial charge in [-0.15, -0.1) is 0 Å². The molecule has 0 saturated heterocycles. The molecule has 0 radical (unpaired) electrons. The molecule has 18 heavy (non-hydrogen) atoms. The summed E-state index contributed by atoms with van der Waals surface area (Å²) in [4.78, 5) is 22.6. The number of carbonyl (C=O) groups is 2. The van der Waals surface area contributed by atoms with Gasteiger partial charge in [0.15, 0.2) is 6.61 Å². The highest BCUT2D eigenvalue weighted by Crippen LogP contribution is 2.04. The Morgan fingerprint density at radius 1 is 1.33 bits per heavy atom. The lowest BCUT2D eigenvalue weighted by Gasteiger charge is -2.05. The molecule has 0 aliphatic rings. The molecule has 1 amide bonds. The Morgan fingerprint density at radius 3 is 2.61 bits per heavy atom. The van der Waals surface area contributed by atoms with Crippen molar-refractivity contribution in [3.05, 3.63) is 35.6 Å². The van der Waals surface area contributed by atoms with Crippen LogP contribution in [0.15, 0.2) is 24.3 Å². The second kappa shape index (κ2) is 7.01. The van der Waals surface area contributed by atoms with Crippen LogP contribution in [-0.2, 0) is 9.53 Å². The summed E-state index contributed by atoms with van der Waals surface area (Å²) in [6, 6.07) is 6.66. The number of hydrogen-bond donors (Lipinski definition) is 1. The van der Waals surface area contributed by atoms with Crippen LogP contribution in [0.4, 0.5) is 4.39 Å². The number of esters is 1. The first-order valence-electron chi connectivity index (χ1n) is 5.20. The summed E-state index contributed by atoms with van der Waals surface area (Å²) < 4.78 is 17.3. The van der Waals surface area contributed by atoms with Gasteiger partial charge in [-0.3, -0.25) is 4.79 Å². The van der Waals surface area contributed by atoms with Crippen LogP contribution in [0, 0.1) is 17.1 Å². The Balaban J connectivity index is 2.35. The molecule has 0 bridgehead atoms. The minimum Gasteiger partial charge on any atom is -0.452 e. The molecule has 1 N–H and O–H groups in total. The van der Waals surface area contributed by atoms with E-state index in [4.69, 9.17) is 10.00 Å². The van der Waals surface area contributed by atoms with Gasteiger partial charge < -0.3 is 10.1 Å². The molecule has 0 saturated carbocycles. The van der Waals surface area contributed by atoms with Crippen molar-refractivity contribution in [2.24, 2.45) is 0 Å². The number of nitrogens with zero attached hydrogens (tertiary/aromatic N) is 1. The smallest absolute Gasteiger partial charge is 0.338 e. The zero-order chi connectivity index (χ0) is 13.4. The highest BCUT2D eigenvalue weighted by Gasteiger charge is 2.09. The van der Waals surface area contributed by atoms with Crippen LogP contribution in [-0.4, -0.2) is 25.0 Å². The van der Waals surface area contributed by atoms with Crippen LogP contribution in [0.2, 0.25) is 0 Å². The van der Waals surface area contributed by atoms with E-state index in [1.807, 2.05) is 6.07 Å². The van der Waals surface area contributed by atoms with Crippen molar-refractivity contribution >= 4 is 11.9 Å². The zero-order valence-electron chi connectivity index (χ0n) is 9.48. The van der Waals surface area contributed by atoms with E-state index in [0.717, 1.165) is 12.1 Å². The third-order valence-corrected chi connectivity index (χ3v) is 1.97. The predicted molar refractivity (Wildman–Crippen MR) is 59.9 cm³/mol. The summed E-state index contributed by atoms with van der Waals surface area (Å²) in [6.45, 7) is -0.217. The average molecular weight is 250 g/mol. The van der Waals surface area contributed by atoms with Crippen molar-refractivity contribution < 1.29 is 18.7 Å². The van der Waals surface area contributed by atoms with E-state index in [2.05, 4.69) is 5.32 Å². The predicted octanol–water partition coefficient (Wildman–Crippen LogP) is 1.01. The lowest BCUT2D eigenvalue weighted by atomic mass is 10.2. The summed E-state index contributed by atoms with van der Waals surface area (Å²) in [5.74, 6) is -1.65. The van der Waals surface area contributed by atoms with E-state index in [-0.39, 0.29) is 18.5 Å². The fraction of sp³-hybridized carbons (Fsp3) is 0.250. The first kappa shape index (κ1) is 13.6. The van der Waals surface area contributed by atoms with Gasteiger partial charge in [-0.1, -0.05) is 0 Å². The van der Waals surface area contributed by atoms with Crippen LogP contribution < -0.4 is 5.32 Å². The molecule has 0 fully saturated rings. The lowest BCUT2D eigenvalue weighted by Crippen LogP contribution is -2.29. The number of rotatable bonds is 5. The number of hydrogen-bond acceptors (Lipinski definition) is 4. The van der Waals surface area contributed by atoms with E-state index in [1.54, 1.807) is 0 Å². The Labute approximate surface area is 103 Å². The van der Waals surface area contributed by atoms with Crippen LogP contribution in [0.5, 0.6) is 0 Å². The molecule has 5 nitrogen and oxygen atoms in total. The first-order valence-corrected chi connectivity index (χ1v) is 5.20. The number of carbonyl (C=O) groups excluding carboxylic acids is 2. The number of nitrogens with one attached hydrogen (secondary N) is 1. The van der Waals surface area contributed by atoms with E-state index in [9.17, 15) is 14.0 Å². The van der Waals surface area contributed by atoms with E-state index in [0.29, 0.717) is 0 Å². The van der Waals surface area contributed by atoms with E-state index < -0.39 is 24.3 Å². The Morgan fingerprint density at radius 2 is 2.00 bits per heavy atom. The van der Waals surface area contributed by atoms with Gasteiger partial charge in [0.1, 0.15) is 5.82 Å². The standard InChI is InChI=1S/C12H11FN2O3/c13-10-4-2-9(3-5-10)12(17)18-8-11(16)15-7-1-6-14/h2-5H,1,7-8H2,(H,15,16). The average Bonchev–Trinajstić information content (AvgIpc) is 2.37. The SMILES string of the molecule is N#CCCNC(=O)COC(=O)c1ccc(F)cc1. The minimum absolute atomic E-state index is 0.168. The highest BCUT2D eigenvalue weighted by atomic mass is 19.1. The fourth-order valence-corrected chi connectivity index (χ4v) is 1.11. The topological polar surface area (TPSA) is 79.2 Å². The van der Waals surface area contributed by atoms with Gasteiger partial charge in [0.2, 0.25) is 0 Å². The molecule has 1 rings (SSSR count). The Bertz CT molecular complexity index is 465. The van der Waals surface area contributed by atoms with Crippen molar-refractivity contribution in [1.29, 1.82) is 5.26 Å². The molecule has 1 aromatic rings. The maximum atomic E-state index is 12.6. The van der Waals surface area contributed by atoms with Gasteiger partial charge in [0, 0.05) is 6.54 Å². The molecule has 0 atom stereocenters. The van der Waals surface area contributed by atoms with Crippen LogP contribution >= 0.6 is 0 Å². The monoisotopic (exact) mass is 250 g/mol. The molecule has 94 valence electrons. The molecule has 6 heteroatoms. The maximum absolute atomic E-state index is 12.6. The summed E-state index contributed by atoms with van der Waals surface area (Å²) in [7, 11) is 0. The number of halogens is 1. The van der Waals surface area contributed by atoms with Gasteiger partial charge in [0.05, 0.1) is 18.1 Å². The van der Waals surface area contributed by atoms with Crippen molar-refractivity contribution in [3.63, 3.8) is 0 Å². The largest absolute Gasteiger partial charge is 0.452 e. The van der Waals surface area contributed by atoms with Crippen molar-refractivity contribution in [1.82, 2.24) is 5.32 Å². The Hall–Kier alpha value is -2.42. The maximum Gasteiger partial charge on any atom is 0.338 e. The molecular formula is C12H11FN2O3. The molecule has 0 aromatic heterocycles. The van der Waals surface area contributed by atoms with Crippen LogP contribution in [0.25, 0.3) is 0 Å². The van der Waals surface area contributed by atoms with Gasteiger partial charge >= 0.3 is 5.97 Å². The van der Waals surface area contributed by atoms with Crippen molar-refractivity contribution in [2.45, 2.75) is 6.42 Å². The number of amides is 1. The highest BCUT2D eigenvalue weighted by molar-refractivity contribution is 5.91. The van der Waals surface area contributed by atoms with Crippen molar-refractivity contribution in [3.8, 4) is 6.07 Å². The van der Waals surface area contributed by atoms with Gasteiger partial charge in [-0.2, -0.15) is 5.26 Å². The third kappa shape index (κ3) is 4.61. The van der Waals surface area contributed by atoms with Crippen LogP contribution in [0.3, 0.4) is 0 Å². The quantitative estimate of drug-likeness (QED) is 0.624. The molecular weight excluding hydrogens is 239 g/mol. The molecule has 0 aliphatic heterocycles. The van der Waals surface area contributed by atoms with Gasteiger partial charge in [-0.05, 0) is 24.3 Å². The second-order valence-electron chi connectivity index (χ2n) is 3.34. The minimum atomic E-state index is -0.703. The van der Waals surface area contributed by atoms with Crippen LogP contribution in [0.1, 0.15) is 16.8 Å². The second-order valence-corrected chi connectivity index (χ2v) is 3.34. The number of benzene rings is 1. The lowest BCUT2D eigenvalue weighted by molar-refractivity contribution is -0.124. The first-order chi connectivity index (χ1) is 8.63. The molecule has 0 heterocycles. The number of nitriles is 1. The summed E-state index contributed by atoms with van der Waals surface area (Å²) in [5, 5.41) is 10.7. The van der Waals surface area contributed by atoms with Gasteiger partial charge in [0.25, 0.3) is 5.91 Å². The van der Waals surface area contributed by atoms with Gasteiger partial charge in [-0.25, -0.2) is 9.18 Å². The number of ether oxygens (including phenoxy) is 1. The van der Waals surface area contributed by atoms with Crippen molar-refractivity contribution in [2.75, 3.05) is 13.2 Å². The summed E-state index contributed by atoms with van der Waals surface area (Å²) >= 11 is 0. The molecule has 1 aromatic carbocycles.